The van der Waals surface area contributed by atoms with E-state index in [-0.39, 0.29) is 5.69 Å². The van der Waals surface area contributed by atoms with Crippen LogP contribution in [0.25, 0.3) is 6.08 Å². The molecule has 112 valence electrons. The summed E-state index contributed by atoms with van der Waals surface area (Å²) in [4.78, 5) is 21.0. The number of benzene rings is 2. The van der Waals surface area contributed by atoms with Gasteiger partial charge in [0.2, 0.25) is 0 Å². The van der Waals surface area contributed by atoms with Gasteiger partial charge in [0.25, 0.3) is 5.69 Å². The van der Waals surface area contributed by atoms with Crippen molar-refractivity contribution >= 4 is 18.0 Å². The number of aldehydes is 1. The summed E-state index contributed by atoms with van der Waals surface area (Å²) in [5.41, 5.74) is 1.09. The van der Waals surface area contributed by atoms with E-state index < -0.39 is 4.92 Å². The smallest absolute Gasteiger partial charge is 0.270 e. The van der Waals surface area contributed by atoms with Gasteiger partial charge in [0.15, 0.2) is 11.5 Å². The highest BCUT2D eigenvalue weighted by atomic mass is 16.6. The van der Waals surface area contributed by atoms with E-state index in [0.717, 1.165) is 0 Å². The van der Waals surface area contributed by atoms with Crippen molar-refractivity contribution in [3.8, 4) is 11.5 Å². The molecule has 0 saturated carbocycles. The first kappa shape index (κ1) is 15.2. The second kappa shape index (κ2) is 7.03. The topological polar surface area (TPSA) is 78.7 Å². The van der Waals surface area contributed by atoms with Gasteiger partial charge in [-0.3, -0.25) is 14.9 Å². The largest absolute Gasteiger partial charge is 0.493 e. The Morgan fingerprint density at radius 1 is 1.09 bits per heavy atom. The number of carbonyl (C=O) groups is 1. The van der Waals surface area contributed by atoms with Crippen LogP contribution in [0.5, 0.6) is 11.5 Å². The Bertz CT molecular complexity index is 724. The second-order valence-electron chi connectivity index (χ2n) is 4.30. The first-order valence-corrected chi connectivity index (χ1v) is 6.35. The maximum atomic E-state index is 10.8. The van der Waals surface area contributed by atoms with Crippen LogP contribution in [-0.2, 0) is 0 Å². The van der Waals surface area contributed by atoms with Crippen LogP contribution in [0.4, 0.5) is 5.69 Å². The average molecular weight is 299 g/mol. The van der Waals surface area contributed by atoms with Crippen molar-refractivity contribution in [1.29, 1.82) is 0 Å². The van der Waals surface area contributed by atoms with Crippen molar-refractivity contribution in [2.45, 2.75) is 0 Å². The van der Waals surface area contributed by atoms with E-state index in [0.29, 0.717) is 28.9 Å². The van der Waals surface area contributed by atoms with Gasteiger partial charge in [-0.05, 0) is 29.8 Å². The number of hydrogen-bond acceptors (Lipinski definition) is 5. The van der Waals surface area contributed by atoms with Gasteiger partial charge in [0.1, 0.15) is 6.29 Å². The monoisotopic (exact) mass is 299 g/mol. The normalized spacial score (nSPS) is 10.4. The van der Waals surface area contributed by atoms with Crippen LogP contribution < -0.4 is 9.47 Å². The molecule has 0 spiro atoms. The highest BCUT2D eigenvalue weighted by Gasteiger charge is 2.05. The van der Waals surface area contributed by atoms with E-state index >= 15 is 0 Å². The van der Waals surface area contributed by atoms with Gasteiger partial charge >= 0.3 is 0 Å². The molecule has 6 heteroatoms. The van der Waals surface area contributed by atoms with Crippen molar-refractivity contribution in [2.24, 2.45) is 0 Å². The average Bonchev–Trinajstić information content (AvgIpc) is 2.55. The van der Waals surface area contributed by atoms with Crippen LogP contribution in [-0.4, -0.2) is 18.3 Å². The molecule has 0 fully saturated rings. The molecular weight excluding hydrogens is 286 g/mol. The van der Waals surface area contributed by atoms with Crippen molar-refractivity contribution in [3.05, 3.63) is 70.0 Å². The quantitative estimate of drug-likeness (QED) is 0.353. The van der Waals surface area contributed by atoms with Gasteiger partial charge in [-0.25, -0.2) is 0 Å². The molecule has 0 aliphatic rings. The summed E-state index contributed by atoms with van der Waals surface area (Å²) in [7, 11) is 1.49. The molecule has 0 aliphatic carbocycles. The molecule has 0 radical (unpaired) electrons. The number of nitrogens with zero attached hydrogens (tertiary/aromatic N) is 1. The van der Waals surface area contributed by atoms with E-state index in [2.05, 4.69) is 0 Å². The lowest BCUT2D eigenvalue weighted by atomic mass is 10.2. The summed E-state index contributed by atoms with van der Waals surface area (Å²) < 4.78 is 10.6. The zero-order chi connectivity index (χ0) is 15.9. The molecule has 22 heavy (non-hydrogen) atoms. The number of carbonyl (C=O) groups excluding carboxylic acids is 1. The summed E-state index contributed by atoms with van der Waals surface area (Å²) >= 11 is 0. The van der Waals surface area contributed by atoms with Gasteiger partial charge in [-0.2, -0.15) is 0 Å². The Morgan fingerprint density at radius 2 is 1.91 bits per heavy atom. The van der Waals surface area contributed by atoms with Crippen molar-refractivity contribution in [3.63, 3.8) is 0 Å². The Kier molecular flexibility index (Phi) is 4.87. The Balaban J connectivity index is 2.17. The van der Waals surface area contributed by atoms with E-state index in [1.54, 1.807) is 36.4 Å². The van der Waals surface area contributed by atoms with Crippen LogP contribution in [0.1, 0.15) is 15.9 Å². The fourth-order valence-electron chi connectivity index (χ4n) is 1.79. The zero-order valence-electron chi connectivity index (χ0n) is 11.8. The van der Waals surface area contributed by atoms with Crippen LogP contribution in [0.2, 0.25) is 0 Å². The molecular formula is C16H13NO5. The molecule has 2 rings (SSSR count). The van der Waals surface area contributed by atoms with Crippen LogP contribution in [0, 0.1) is 10.1 Å². The second-order valence-corrected chi connectivity index (χ2v) is 4.30. The molecule has 0 saturated heterocycles. The van der Waals surface area contributed by atoms with Crippen molar-refractivity contribution in [1.82, 2.24) is 0 Å². The molecule has 0 atom stereocenters. The molecule has 2 aromatic rings. The number of hydrogen-bond donors (Lipinski definition) is 0. The maximum Gasteiger partial charge on any atom is 0.270 e. The lowest BCUT2D eigenvalue weighted by Gasteiger charge is -2.07. The first-order valence-electron chi connectivity index (χ1n) is 6.35. The number of rotatable bonds is 6. The summed E-state index contributed by atoms with van der Waals surface area (Å²) in [5.74, 6) is 0.864. The predicted octanol–water partition coefficient (Wildman–Crippen LogP) is 3.47. The van der Waals surface area contributed by atoms with Gasteiger partial charge in [0.05, 0.1) is 18.3 Å². The number of nitro benzene ring substituents is 1. The van der Waals surface area contributed by atoms with Crippen molar-refractivity contribution < 1.29 is 19.2 Å². The summed E-state index contributed by atoms with van der Waals surface area (Å²) in [6.45, 7) is 0. The Hall–Kier alpha value is -3.15. The van der Waals surface area contributed by atoms with Crippen LogP contribution >= 0.6 is 0 Å². The third kappa shape index (κ3) is 3.69. The van der Waals surface area contributed by atoms with E-state index in [1.165, 1.54) is 25.5 Å². The molecule has 0 aromatic heterocycles. The van der Waals surface area contributed by atoms with Crippen LogP contribution in [0.3, 0.4) is 0 Å². The maximum absolute atomic E-state index is 10.8. The summed E-state index contributed by atoms with van der Waals surface area (Å²) in [6, 6.07) is 10.9. The standard InChI is InChI=1S/C16H13NO5/c1-21-15-6-5-13(11-18)10-16(15)22-8-7-12-3-2-4-14(9-12)17(19)20/h2-11H,1H3/b8-7+. The summed E-state index contributed by atoms with van der Waals surface area (Å²) in [5, 5.41) is 10.7. The van der Waals surface area contributed by atoms with Gasteiger partial charge in [-0.15, -0.1) is 0 Å². The lowest BCUT2D eigenvalue weighted by Crippen LogP contribution is -1.91. The minimum Gasteiger partial charge on any atom is -0.493 e. The lowest BCUT2D eigenvalue weighted by molar-refractivity contribution is -0.384. The van der Waals surface area contributed by atoms with Gasteiger partial charge in [0, 0.05) is 17.7 Å². The van der Waals surface area contributed by atoms with Crippen molar-refractivity contribution in [2.75, 3.05) is 7.11 Å². The van der Waals surface area contributed by atoms with E-state index in [9.17, 15) is 14.9 Å². The first-order chi connectivity index (χ1) is 10.6. The molecule has 0 amide bonds. The zero-order valence-corrected chi connectivity index (χ0v) is 11.8. The molecule has 0 aliphatic heterocycles. The fraction of sp³-hybridized carbons (Fsp3) is 0.0625. The minimum atomic E-state index is -0.464. The SMILES string of the molecule is COc1ccc(C=O)cc1O/C=C/c1cccc([N+](=O)[O-])c1. The third-order valence-corrected chi connectivity index (χ3v) is 2.86. The fourth-order valence-corrected chi connectivity index (χ4v) is 1.79. The highest BCUT2D eigenvalue weighted by molar-refractivity contribution is 5.76. The number of non-ortho nitro benzene ring substituents is 1. The molecule has 2 aromatic carbocycles. The van der Waals surface area contributed by atoms with E-state index in [1.807, 2.05) is 0 Å². The van der Waals surface area contributed by atoms with Gasteiger partial charge < -0.3 is 9.47 Å². The predicted molar refractivity (Wildman–Crippen MR) is 81.1 cm³/mol. The molecule has 0 N–H and O–H groups in total. The van der Waals surface area contributed by atoms with Gasteiger partial charge in [-0.1, -0.05) is 12.1 Å². The molecule has 0 heterocycles. The minimum absolute atomic E-state index is 0.00248. The third-order valence-electron chi connectivity index (χ3n) is 2.86. The molecule has 0 bridgehead atoms. The Labute approximate surface area is 126 Å². The highest BCUT2D eigenvalue weighted by Crippen LogP contribution is 2.28. The summed E-state index contributed by atoms with van der Waals surface area (Å²) in [6.07, 6.45) is 3.67. The number of methoxy groups -OCH3 is 1. The van der Waals surface area contributed by atoms with Crippen LogP contribution in [0.15, 0.2) is 48.7 Å². The van der Waals surface area contributed by atoms with E-state index in [4.69, 9.17) is 9.47 Å². The Morgan fingerprint density at radius 3 is 2.59 bits per heavy atom. The molecule has 0 unspecified atom stereocenters. The molecule has 6 nitrogen and oxygen atoms in total. The number of nitro groups is 1. The number of ether oxygens (including phenoxy) is 2.